The van der Waals surface area contributed by atoms with Crippen LogP contribution in [-0.2, 0) is 13.0 Å². The highest BCUT2D eigenvalue weighted by Gasteiger charge is 2.37. The Morgan fingerprint density at radius 3 is 2.77 bits per heavy atom. The molecule has 2 unspecified atom stereocenters. The van der Waals surface area contributed by atoms with E-state index in [1.807, 2.05) is 58.4 Å². The van der Waals surface area contributed by atoms with Crippen molar-refractivity contribution in [3.05, 3.63) is 71.9 Å². The molecule has 2 fully saturated rings. The number of amides is 2. The van der Waals surface area contributed by atoms with Gasteiger partial charge in [-0.2, -0.15) is 5.10 Å². The van der Waals surface area contributed by atoms with Crippen LogP contribution in [-0.4, -0.2) is 33.3 Å². The van der Waals surface area contributed by atoms with Crippen LogP contribution in [0.5, 0.6) is 0 Å². The molecule has 1 N–H and O–H groups in total. The molecule has 5 rings (SSSR count). The lowest BCUT2D eigenvalue weighted by atomic mass is 10.2. The van der Waals surface area contributed by atoms with Gasteiger partial charge < -0.3 is 14.6 Å². The van der Waals surface area contributed by atoms with Crippen molar-refractivity contribution in [1.82, 2.24) is 20.0 Å². The van der Waals surface area contributed by atoms with Crippen molar-refractivity contribution < 1.29 is 9.21 Å². The molecule has 0 bridgehead atoms. The lowest BCUT2D eigenvalue weighted by Crippen LogP contribution is -2.41. The molecule has 1 aromatic carbocycles. The highest BCUT2D eigenvalue weighted by Crippen LogP contribution is 2.47. The molecule has 6 nitrogen and oxygen atoms in total. The zero-order chi connectivity index (χ0) is 20.5. The molecule has 0 aliphatic heterocycles. The van der Waals surface area contributed by atoms with Crippen LogP contribution in [0.25, 0.3) is 5.69 Å². The van der Waals surface area contributed by atoms with Gasteiger partial charge in [0.05, 0.1) is 18.4 Å². The largest absolute Gasteiger partial charge is 0.464 e. The highest BCUT2D eigenvalue weighted by atomic mass is 16.3. The normalized spacial score (nSPS) is 20.2. The summed E-state index contributed by atoms with van der Waals surface area (Å²) in [6, 6.07) is 14.5. The Kier molecular flexibility index (Phi) is 5.07. The van der Waals surface area contributed by atoms with Crippen molar-refractivity contribution in [3.8, 4) is 5.69 Å². The Bertz CT molecular complexity index is 1010. The summed E-state index contributed by atoms with van der Waals surface area (Å²) in [6.07, 6.45) is 7.99. The molecule has 0 saturated heterocycles. The summed E-state index contributed by atoms with van der Waals surface area (Å²) in [4.78, 5) is 14.7. The zero-order valence-corrected chi connectivity index (χ0v) is 17.3. The average Bonchev–Trinajstić information content (AvgIpc) is 3.63. The second kappa shape index (κ2) is 8.01. The van der Waals surface area contributed by atoms with Crippen LogP contribution in [0.4, 0.5) is 4.79 Å². The topological polar surface area (TPSA) is 63.3 Å². The van der Waals surface area contributed by atoms with E-state index in [9.17, 15) is 4.79 Å². The van der Waals surface area contributed by atoms with E-state index in [0.29, 0.717) is 25.0 Å². The van der Waals surface area contributed by atoms with Gasteiger partial charge in [0.15, 0.2) is 0 Å². The second-order valence-corrected chi connectivity index (χ2v) is 8.59. The van der Waals surface area contributed by atoms with E-state index in [4.69, 9.17) is 4.42 Å². The summed E-state index contributed by atoms with van der Waals surface area (Å²) in [5.74, 6) is 3.25. The highest BCUT2D eigenvalue weighted by molar-refractivity contribution is 5.74. The van der Waals surface area contributed by atoms with Crippen LogP contribution in [0.2, 0.25) is 0 Å². The Labute approximate surface area is 176 Å². The lowest BCUT2D eigenvalue weighted by Gasteiger charge is -2.21. The molecule has 0 radical (unpaired) electrons. The van der Waals surface area contributed by atoms with Crippen LogP contribution in [0.3, 0.4) is 0 Å². The third-order valence-electron chi connectivity index (χ3n) is 6.08. The summed E-state index contributed by atoms with van der Waals surface area (Å²) < 4.78 is 7.89. The van der Waals surface area contributed by atoms with Gasteiger partial charge in [0.2, 0.25) is 0 Å². The van der Waals surface area contributed by atoms with E-state index >= 15 is 0 Å². The monoisotopic (exact) mass is 404 g/mol. The van der Waals surface area contributed by atoms with Gasteiger partial charge in [0, 0.05) is 24.7 Å². The van der Waals surface area contributed by atoms with Crippen molar-refractivity contribution in [1.29, 1.82) is 0 Å². The first-order valence-corrected chi connectivity index (χ1v) is 10.9. The number of carbonyl (C=O) groups is 1. The number of aromatic nitrogens is 2. The van der Waals surface area contributed by atoms with Gasteiger partial charge in [0.1, 0.15) is 11.5 Å². The molecule has 0 spiro atoms. The quantitative estimate of drug-likeness (QED) is 0.601. The zero-order valence-electron chi connectivity index (χ0n) is 17.3. The number of urea groups is 1. The fourth-order valence-electron chi connectivity index (χ4n) is 3.94. The molecule has 3 aromatic rings. The molecule has 2 aromatic heterocycles. The minimum Gasteiger partial charge on any atom is -0.464 e. The fraction of sp³-hybridized carbons (Fsp3) is 0.417. The summed E-state index contributed by atoms with van der Waals surface area (Å²) in [7, 11) is 0. The summed E-state index contributed by atoms with van der Waals surface area (Å²) in [6.45, 7) is 3.38. The number of benzene rings is 1. The van der Waals surface area contributed by atoms with Crippen LogP contribution in [0.15, 0.2) is 59.3 Å². The Morgan fingerprint density at radius 2 is 2.03 bits per heavy atom. The van der Waals surface area contributed by atoms with E-state index in [2.05, 4.69) is 23.4 Å². The van der Waals surface area contributed by atoms with Gasteiger partial charge >= 0.3 is 6.03 Å². The van der Waals surface area contributed by atoms with Gasteiger partial charge in [-0.25, -0.2) is 9.48 Å². The van der Waals surface area contributed by atoms with Gasteiger partial charge in [-0.1, -0.05) is 25.1 Å². The predicted molar refractivity (Wildman–Crippen MR) is 114 cm³/mol. The molecular formula is C24H28N4O2. The van der Waals surface area contributed by atoms with Gasteiger partial charge in [-0.3, -0.25) is 0 Å². The SMILES string of the molecule is CC1CC1c1ccc(CN(C(=O)NCCc2cnn(-c3ccccc3)c2)C2CC2)o1. The van der Waals surface area contributed by atoms with Crippen LogP contribution >= 0.6 is 0 Å². The molecule has 2 atom stereocenters. The minimum absolute atomic E-state index is 0.00862. The molecule has 30 heavy (non-hydrogen) atoms. The van der Waals surface area contributed by atoms with E-state index in [0.717, 1.165) is 48.0 Å². The number of furan rings is 1. The van der Waals surface area contributed by atoms with Crippen molar-refractivity contribution in [3.63, 3.8) is 0 Å². The second-order valence-electron chi connectivity index (χ2n) is 8.59. The number of hydrogen-bond acceptors (Lipinski definition) is 3. The Morgan fingerprint density at radius 1 is 1.23 bits per heavy atom. The number of hydrogen-bond donors (Lipinski definition) is 1. The van der Waals surface area contributed by atoms with E-state index in [-0.39, 0.29) is 6.03 Å². The van der Waals surface area contributed by atoms with Crippen LogP contribution in [0, 0.1) is 5.92 Å². The minimum atomic E-state index is -0.00862. The number of para-hydroxylation sites is 1. The fourth-order valence-corrected chi connectivity index (χ4v) is 3.94. The molecule has 2 heterocycles. The van der Waals surface area contributed by atoms with E-state index in [1.165, 1.54) is 6.42 Å². The molecule has 156 valence electrons. The Hall–Kier alpha value is -3.02. The number of nitrogens with one attached hydrogen (secondary N) is 1. The van der Waals surface area contributed by atoms with Crippen LogP contribution < -0.4 is 5.32 Å². The van der Waals surface area contributed by atoms with Crippen molar-refractivity contribution in [2.45, 2.75) is 51.1 Å². The Balaban J connectivity index is 1.14. The van der Waals surface area contributed by atoms with E-state index in [1.54, 1.807) is 0 Å². The molecule has 2 saturated carbocycles. The summed E-state index contributed by atoms with van der Waals surface area (Å²) in [5, 5.41) is 7.50. The molecule has 2 amide bonds. The smallest absolute Gasteiger partial charge is 0.318 e. The maximum atomic E-state index is 12.8. The first kappa shape index (κ1) is 19.0. The predicted octanol–water partition coefficient (Wildman–Crippen LogP) is 4.51. The summed E-state index contributed by atoms with van der Waals surface area (Å²) in [5.41, 5.74) is 2.14. The number of carbonyl (C=O) groups excluding carboxylic acids is 1. The van der Waals surface area contributed by atoms with Gasteiger partial charge in [-0.05, 0) is 61.4 Å². The maximum Gasteiger partial charge on any atom is 0.318 e. The van der Waals surface area contributed by atoms with Crippen LogP contribution in [0.1, 0.15) is 49.2 Å². The average molecular weight is 405 g/mol. The van der Waals surface area contributed by atoms with Crippen molar-refractivity contribution >= 4 is 6.03 Å². The lowest BCUT2D eigenvalue weighted by molar-refractivity contribution is 0.186. The number of nitrogens with zero attached hydrogens (tertiary/aromatic N) is 3. The van der Waals surface area contributed by atoms with Crippen molar-refractivity contribution in [2.75, 3.05) is 6.54 Å². The maximum absolute atomic E-state index is 12.8. The van der Waals surface area contributed by atoms with Gasteiger partial charge in [-0.15, -0.1) is 0 Å². The molecule has 6 heteroatoms. The first-order valence-electron chi connectivity index (χ1n) is 10.9. The standard InChI is InChI=1S/C24H28N4O2/c1-17-13-22(17)23-10-9-21(30-23)16-27(19-7-8-19)24(29)25-12-11-18-14-26-28(15-18)20-5-3-2-4-6-20/h2-6,9-10,14-15,17,19,22H,7-8,11-13,16H2,1H3,(H,25,29). The van der Waals surface area contributed by atoms with Crippen molar-refractivity contribution in [2.24, 2.45) is 5.92 Å². The third-order valence-corrected chi connectivity index (χ3v) is 6.08. The third kappa shape index (κ3) is 4.27. The number of rotatable bonds is 8. The summed E-state index contributed by atoms with van der Waals surface area (Å²) >= 11 is 0. The molecular weight excluding hydrogens is 376 g/mol. The molecule has 2 aliphatic carbocycles. The van der Waals surface area contributed by atoms with E-state index < -0.39 is 0 Å². The van der Waals surface area contributed by atoms with Gasteiger partial charge in [0.25, 0.3) is 0 Å². The molecule has 2 aliphatic rings. The first-order chi connectivity index (χ1) is 14.7.